The number of nitrogens with two attached hydrogens (primary N) is 2. The molecule has 2 rings (SSSR count). The molecule has 1 fully saturated rings. The number of nitrogens with zero attached hydrogens (tertiary/aromatic N) is 3. The van der Waals surface area contributed by atoms with Gasteiger partial charge in [-0.2, -0.15) is 0 Å². The van der Waals surface area contributed by atoms with Gasteiger partial charge in [0.15, 0.2) is 5.13 Å². The lowest BCUT2D eigenvalue weighted by Crippen LogP contribution is -2.27. The minimum atomic E-state index is -0.0494. The summed E-state index contributed by atoms with van der Waals surface area (Å²) in [7, 11) is 1.79. The predicted molar refractivity (Wildman–Crippen MR) is 78.6 cm³/mol. The lowest BCUT2D eigenvalue weighted by atomic mass is 10.3. The number of aromatic nitrogens is 1. The Bertz CT molecular complexity index is 461. The Hall–Kier alpha value is -1.34. The van der Waals surface area contributed by atoms with Gasteiger partial charge >= 0.3 is 0 Å². The van der Waals surface area contributed by atoms with Crippen LogP contribution in [0, 0.1) is 0 Å². The van der Waals surface area contributed by atoms with Crippen LogP contribution in [0.4, 0.5) is 10.9 Å². The first kappa shape index (κ1) is 14.1. The number of rotatable bonds is 4. The summed E-state index contributed by atoms with van der Waals surface area (Å²) in [5, 5.41) is 0.804. The fourth-order valence-electron chi connectivity index (χ4n) is 2.18. The number of carbonyl (C=O) groups is 1. The lowest BCUT2D eigenvalue weighted by molar-refractivity contribution is 0.0800. The molecular formula is C12H21N5OS. The number of anilines is 2. The predicted octanol–water partition coefficient (Wildman–Crippen LogP) is 0.745. The standard InChI is InChI=1S/C12H21N5OS/c1-3-5-16(2)11(18)9-10(14)15-12(19-9)17-6-4-8(13)7-17/h8H,3-7,13-14H2,1-2H3. The summed E-state index contributed by atoms with van der Waals surface area (Å²) in [6.45, 7) is 4.43. The van der Waals surface area contributed by atoms with Crippen LogP contribution in [-0.2, 0) is 0 Å². The van der Waals surface area contributed by atoms with Crippen molar-refractivity contribution in [3.8, 4) is 0 Å². The molecule has 1 aromatic rings. The van der Waals surface area contributed by atoms with Crippen LogP contribution >= 0.6 is 11.3 Å². The molecule has 4 N–H and O–H groups in total. The Kier molecular flexibility index (Phi) is 4.26. The van der Waals surface area contributed by atoms with E-state index < -0.39 is 0 Å². The third kappa shape index (κ3) is 2.98. The van der Waals surface area contributed by atoms with Crippen LogP contribution in [0.25, 0.3) is 0 Å². The van der Waals surface area contributed by atoms with Gasteiger partial charge in [0.2, 0.25) is 0 Å². The summed E-state index contributed by atoms with van der Waals surface area (Å²) in [6.07, 6.45) is 1.88. The molecule has 1 aliphatic heterocycles. The highest BCUT2D eigenvalue weighted by Gasteiger charge is 2.25. The van der Waals surface area contributed by atoms with E-state index in [0.29, 0.717) is 10.7 Å². The summed E-state index contributed by atoms with van der Waals surface area (Å²) in [4.78, 5) is 20.8. The van der Waals surface area contributed by atoms with E-state index in [-0.39, 0.29) is 11.9 Å². The molecule has 1 atom stereocenters. The zero-order chi connectivity index (χ0) is 14.0. The van der Waals surface area contributed by atoms with Crippen molar-refractivity contribution in [1.29, 1.82) is 0 Å². The first-order valence-corrected chi connectivity index (χ1v) is 7.36. The van der Waals surface area contributed by atoms with Crippen molar-refractivity contribution in [2.24, 2.45) is 5.73 Å². The highest BCUT2D eigenvalue weighted by atomic mass is 32.1. The summed E-state index contributed by atoms with van der Waals surface area (Å²) < 4.78 is 0. The maximum Gasteiger partial charge on any atom is 0.267 e. The quantitative estimate of drug-likeness (QED) is 0.851. The number of nitrogen functional groups attached to an aromatic ring is 1. The van der Waals surface area contributed by atoms with Crippen LogP contribution in [0.5, 0.6) is 0 Å². The van der Waals surface area contributed by atoms with E-state index in [1.807, 2.05) is 6.92 Å². The van der Waals surface area contributed by atoms with Gasteiger partial charge in [0.1, 0.15) is 10.7 Å². The van der Waals surface area contributed by atoms with Crippen LogP contribution < -0.4 is 16.4 Å². The van der Waals surface area contributed by atoms with Crippen LogP contribution in [0.2, 0.25) is 0 Å². The normalized spacial score (nSPS) is 18.9. The lowest BCUT2D eigenvalue weighted by Gasteiger charge is -2.15. The molecule has 0 aromatic carbocycles. The Morgan fingerprint density at radius 3 is 2.95 bits per heavy atom. The second-order valence-corrected chi connectivity index (χ2v) is 5.91. The third-order valence-corrected chi connectivity index (χ3v) is 4.36. The summed E-state index contributed by atoms with van der Waals surface area (Å²) in [6, 6.07) is 0.187. The summed E-state index contributed by atoms with van der Waals surface area (Å²) in [5.74, 6) is 0.278. The maximum absolute atomic E-state index is 12.2. The van der Waals surface area contributed by atoms with Gasteiger partial charge in [0.25, 0.3) is 5.91 Å². The molecule has 2 heterocycles. The molecule has 0 spiro atoms. The van der Waals surface area contributed by atoms with Crippen molar-refractivity contribution >= 4 is 28.2 Å². The van der Waals surface area contributed by atoms with Gasteiger partial charge in [-0.05, 0) is 12.8 Å². The Morgan fingerprint density at radius 1 is 1.63 bits per heavy atom. The number of hydrogen-bond donors (Lipinski definition) is 2. The molecule has 0 radical (unpaired) electrons. The van der Waals surface area contributed by atoms with E-state index >= 15 is 0 Å². The van der Waals surface area contributed by atoms with Crippen LogP contribution in [0.15, 0.2) is 0 Å². The van der Waals surface area contributed by atoms with Crippen molar-refractivity contribution < 1.29 is 4.79 Å². The minimum Gasteiger partial charge on any atom is -0.382 e. The summed E-state index contributed by atoms with van der Waals surface area (Å²) >= 11 is 1.36. The molecule has 1 saturated heterocycles. The molecule has 0 saturated carbocycles. The largest absolute Gasteiger partial charge is 0.382 e. The average Bonchev–Trinajstić information content (AvgIpc) is 2.95. The van der Waals surface area contributed by atoms with Gasteiger partial charge in [-0.3, -0.25) is 4.79 Å². The van der Waals surface area contributed by atoms with Gasteiger partial charge in [-0.15, -0.1) is 0 Å². The maximum atomic E-state index is 12.2. The fraction of sp³-hybridized carbons (Fsp3) is 0.667. The van der Waals surface area contributed by atoms with E-state index in [9.17, 15) is 4.79 Å². The monoisotopic (exact) mass is 283 g/mol. The first-order valence-electron chi connectivity index (χ1n) is 6.55. The molecule has 106 valence electrons. The zero-order valence-corrected chi connectivity index (χ0v) is 12.2. The molecule has 1 unspecified atom stereocenters. The van der Waals surface area contributed by atoms with Crippen molar-refractivity contribution in [3.05, 3.63) is 4.88 Å². The van der Waals surface area contributed by atoms with Gasteiger partial charge in [-0.25, -0.2) is 4.98 Å². The third-order valence-electron chi connectivity index (χ3n) is 3.24. The first-order chi connectivity index (χ1) is 9.02. The van der Waals surface area contributed by atoms with E-state index in [0.717, 1.165) is 37.6 Å². The van der Waals surface area contributed by atoms with Gasteiger partial charge < -0.3 is 21.3 Å². The van der Waals surface area contributed by atoms with Crippen molar-refractivity contribution in [1.82, 2.24) is 9.88 Å². The topological polar surface area (TPSA) is 88.5 Å². The Morgan fingerprint density at radius 2 is 2.37 bits per heavy atom. The average molecular weight is 283 g/mol. The van der Waals surface area contributed by atoms with E-state index in [1.54, 1.807) is 11.9 Å². The van der Waals surface area contributed by atoms with Gasteiger partial charge in [0, 0.05) is 32.7 Å². The minimum absolute atomic E-state index is 0.0494. The fourth-order valence-corrected chi connectivity index (χ4v) is 3.19. The second kappa shape index (κ2) is 5.75. The van der Waals surface area contributed by atoms with E-state index in [4.69, 9.17) is 11.5 Å². The number of amides is 1. The Balaban J connectivity index is 2.14. The summed E-state index contributed by atoms with van der Waals surface area (Å²) in [5.41, 5.74) is 11.8. The highest BCUT2D eigenvalue weighted by Crippen LogP contribution is 2.30. The van der Waals surface area contributed by atoms with E-state index in [1.165, 1.54) is 11.3 Å². The van der Waals surface area contributed by atoms with Gasteiger partial charge in [0.05, 0.1) is 0 Å². The van der Waals surface area contributed by atoms with Crippen molar-refractivity contribution in [2.45, 2.75) is 25.8 Å². The molecule has 19 heavy (non-hydrogen) atoms. The highest BCUT2D eigenvalue weighted by molar-refractivity contribution is 7.18. The van der Waals surface area contributed by atoms with E-state index in [2.05, 4.69) is 9.88 Å². The molecule has 0 bridgehead atoms. The second-order valence-electron chi connectivity index (χ2n) is 4.93. The van der Waals surface area contributed by atoms with Gasteiger partial charge in [-0.1, -0.05) is 18.3 Å². The molecular weight excluding hydrogens is 262 g/mol. The molecule has 0 aliphatic carbocycles. The van der Waals surface area contributed by atoms with Crippen LogP contribution in [0.1, 0.15) is 29.4 Å². The number of hydrogen-bond acceptors (Lipinski definition) is 6. The smallest absolute Gasteiger partial charge is 0.267 e. The van der Waals surface area contributed by atoms with Crippen LogP contribution in [0.3, 0.4) is 0 Å². The SMILES string of the molecule is CCCN(C)C(=O)c1sc(N2CCC(N)C2)nc1N. The van der Waals surface area contributed by atoms with Crippen LogP contribution in [-0.4, -0.2) is 48.5 Å². The molecule has 6 nitrogen and oxygen atoms in total. The zero-order valence-electron chi connectivity index (χ0n) is 11.4. The molecule has 7 heteroatoms. The number of thiazole rings is 1. The molecule has 1 amide bonds. The molecule has 1 aliphatic rings. The van der Waals surface area contributed by atoms with Crippen molar-refractivity contribution in [2.75, 3.05) is 37.3 Å². The Labute approximate surface area is 117 Å². The van der Waals surface area contributed by atoms with Crippen molar-refractivity contribution in [3.63, 3.8) is 0 Å². The number of carbonyl (C=O) groups excluding carboxylic acids is 1. The molecule has 1 aromatic heterocycles.